The maximum atomic E-state index is 11.7. The number of fused-ring (bicyclic) bond motifs is 1. The summed E-state index contributed by atoms with van der Waals surface area (Å²) in [5, 5.41) is 6.68. The van der Waals surface area contributed by atoms with E-state index in [2.05, 4.69) is 29.5 Å². The molecule has 0 saturated heterocycles. The number of thiazole rings is 1. The highest BCUT2D eigenvalue weighted by atomic mass is 32.1. The zero-order chi connectivity index (χ0) is 15.2. The lowest BCUT2D eigenvalue weighted by molar-refractivity contribution is -0.119. The van der Waals surface area contributed by atoms with Gasteiger partial charge >= 0.3 is 0 Å². The van der Waals surface area contributed by atoms with Crippen molar-refractivity contribution in [2.24, 2.45) is 5.92 Å². The van der Waals surface area contributed by atoms with Gasteiger partial charge in [-0.05, 0) is 31.0 Å². The number of anilines is 1. The minimum Gasteiger partial charge on any atom is -0.494 e. The minimum atomic E-state index is -0.0158. The molecule has 0 fully saturated rings. The third kappa shape index (κ3) is 4.60. The second-order valence-corrected chi connectivity index (χ2v) is 6.16. The van der Waals surface area contributed by atoms with Gasteiger partial charge in [0.05, 0.1) is 23.4 Å². The number of hydrogen-bond acceptors (Lipinski definition) is 5. The van der Waals surface area contributed by atoms with Crippen LogP contribution in [-0.4, -0.2) is 30.6 Å². The van der Waals surface area contributed by atoms with E-state index in [4.69, 9.17) is 4.74 Å². The SMILES string of the molecule is CCOc1ccc2nc(NCC(=O)NCC(C)C)sc2c1. The molecule has 0 spiro atoms. The van der Waals surface area contributed by atoms with Crippen LogP contribution in [0.5, 0.6) is 5.75 Å². The lowest BCUT2D eigenvalue weighted by Gasteiger charge is -2.07. The van der Waals surface area contributed by atoms with Crippen molar-refractivity contribution in [3.8, 4) is 5.75 Å². The van der Waals surface area contributed by atoms with Crippen molar-refractivity contribution in [3.05, 3.63) is 18.2 Å². The van der Waals surface area contributed by atoms with Gasteiger partial charge < -0.3 is 15.4 Å². The molecule has 1 amide bonds. The molecule has 1 heterocycles. The standard InChI is InChI=1S/C15H21N3O2S/c1-4-20-11-5-6-12-13(7-11)21-15(18-12)17-9-14(19)16-8-10(2)3/h5-7,10H,4,8-9H2,1-3H3,(H,16,19)(H,17,18). The molecule has 5 nitrogen and oxygen atoms in total. The van der Waals surface area contributed by atoms with Crippen LogP contribution < -0.4 is 15.4 Å². The Bertz CT molecular complexity index is 610. The summed E-state index contributed by atoms with van der Waals surface area (Å²) in [6.45, 7) is 7.67. The molecule has 1 aromatic carbocycles. The molecular weight excluding hydrogens is 286 g/mol. The lowest BCUT2D eigenvalue weighted by Crippen LogP contribution is -2.32. The molecule has 114 valence electrons. The van der Waals surface area contributed by atoms with Crippen molar-refractivity contribution in [1.29, 1.82) is 0 Å². The molecule has 0 unspecified atom stereocenters. The Labute approximate surface area is 128 Å². The van der Waals surface area contributed by atoms with Crippen LogP contribution in [0.2, 0.25) is 0 Å². The van der Waals surface area contributed by atoms with Crippen LogP contribution >= 0.6 is 11.3 Å². The van der Waals surface area contributed by atoms with Crippen molar-refractivity contribution in [3.63, 3.8) is 0 Å². The molecule has 0 atom stereocenters. The van der Waals surface area contributed by atoms with Gasteiger partial charge in [-0.25, -0.2) is 4.98 Å². The zero-order valence-electron chi connectivity index (χ0n) is 12.6. The van der Waals surface area contributed by atoms with Crippen molar-refractivity contribution in [1.82, 2.24) is 10.3 Å². The number of carbonyl (C=O) groups excluding carboxylic acids is 1. The smallest absolute Gasteiger partial charge is 0.239 e. The Kier molecular flexibility index (Phi) is 5.38. The second-order valence-electron chi connectivity index (χ2n) is 5.13. The first kappa shape index (κ1) is 15.6. The van der Waals surface area contributed by atoms with Crippen LogP contribution in [0.1, 0.15) is 20.8 Å². The quantitative estimate of drug-likeness (QED) is 0.825. The highest BCUT2D eigenvalue weighted by Gasteiger charge is 2.07. The predicted octanol–water partition coefficient (Wildman–Crippen LogP) is 2.88. The van der Waals surface area contributed by atoms with E-state index in [0.29, 0.717) is 19.1 Å². The maximum Gasteiger partial charge on any atom is 0.239 e. The van der Waals surface area contributed by atoms with Crippen LogP contribution in [0.4, 0.5) is 5.13 Å². The number of ether oxygens (including phenoxy) is 1. The van der Waals surface area contributed by atoms with Crippen molar-refractivity contribution in [2.75, 3.05) is 25.0 Å². The van der Waals surface area contributed by atoms with Crippen molar-refractivity contribution in [2.45, 2.75) is 20.8 Å². The van der Waals surface area contributed by atoms with E-state index >= 15 is 0 Å². The fraction of sp³-hybridized carbons (Fsp3) is 0.467. The zero-order valence-corrected chi connectivity index (χ0v) is 13.4. The Hall–Kier alpha value is -1.82. The van der Waals surface area contributed by atoms with Crippen molar-refractivity contribution >= 4 is 32.6 Å². The van der Waals surface area contributed by atoms with Gasteiger partial charge in [0.2, 0.25) is 5.91 Å². The Morgan fingerprint density at radius 2 is 2.24 bits per heavy atom. The summed E-state index contributed by atoms with van der Waals surface area (Å²) < 4.78 is 6.52. The van der Waals surface area contributed by atoms with E-state index in [1.807, 2.05) is 25.1 Å². The van der Waals surface area contributed by atoms with Gasteiger partial charge in [-0.2, -0.15) is 0 Å². The van der Waals surface area contributed by atoms with E-state index < -0.39 is 0 Å². The van der Waals surface area contributed by atoms with Crippen LogP contribution in [0.25, 0.3) is 10.2 Å². The van der Waals surface area contributed by atoms with Gasteiger partial charge in [0.15, 0.2) is 5.13 Å². The van der Waals surface area contributed by atoms with Crippen molar-refractivity contribution < 1.29 is 9.53 Å². The van der Waals surface area contributed by atoms with Gasteiger partial charge in [-0.15, -0.1) is 0 Å². The molecule has 2 rings (SSSR count). The normalized spacial score (nSPS) is 10.9. The summed E-state index contributed by atoms with van der Waals surface area (Å²) in [6.07, 6.45) is 0. The van der Waals surface area contributed by atoms with E-state index in [-0.39, 0.29) is 12.5 Å². The number of carbonyl (C=O) groups is 1. The number of nitrogens with zero attached hydrogens (tertiary/aromatic N) is 1. The van der Waals surface area contributed by atoms with Gasteiger partial charge in [0.1, 0.15) is 5.75 Å². The van der Waals surface area contributed by atoms with Crippen LogP contribution in [0.3, 0.4) is 0 Å². The predicted molar refractivity (Wildman–Crippen MR) is 87.1 cm³/mol. The van der Waals surface area contributed by atoms with Gasteiger partial charge in [-0.3, -0.25) is 4.79 Å². The van der Waals surface area contributed by atoms with Gasteiger partial charge in [-0.1, -0.05) is 25.2 Å². The molecule has 2 aromatic rings. The number of nitrogens with one attached hydrogen (secondary N) is 2. The number of hydrogen-bond donors (Lipinski definition) is 2. The summed E-state index contributed by atoms with van der Waals surface area (Å²) in [7, 11) is 0. The largest absolute Gasteiger partial charge is 0.494 e. The fourth-order valence-corrected chi connectivity index (χ4v) is 2.66. The molecule has 0 radical (unpaired) electrons. The summed E-state index contributed by atoms with van der Waals surface area (Å²) in [6, 6.07) is 5.81. The summed E-state index contributed by atoms with van der Waals surface area (Å²) in [4.78, 5) is 16.1. The monoisotopic (exact) mass is 307 g/mol. The molecule has 0 aliphatic carbocycles. The van der Waals surface area contributed by atoms with Crippen LogP contribution in [0.15, 0.2) is 18.2 Å². The first-order valence-corrected chi connectivity index (χ1v) is 7.94. The average Bonchev–Trinajstić information content (AvgIpc) is 2.85. The molecule has 0 bridgehead atoms. The number of amides is 1. The highest BCUT2D eigenvalue weighted by Crippen LogP contribution is 2.29. The fourth-order valence-electron chi connectivity index (χ4n) is 1.77. The average molecular weight is 307 g/mol. The lowest BCUT2D eigenvalue weighted by atomic mass is 10.2. The summed E-state index contributed by atoms with van der Waals surface area (Å²) in [5.41, 5.74) is 0.911. The molecular formula is C15H21N3O2S. The minimum absolute atomic E-state index is 0.0158. The Morgan fingerprint density at radius 3 is 2.95 bits per heavy atom. The Balaban J connectivity index is 1.94. The second kappa shape index (κ2) is 7.26. The van der Waals surface area contributed by atoms with E-state index in [1.54, 1.807) is 0 Å². The topological polar surface area (TPSA) is 63.2 Å². The first-order valence-electron chi connectivity index (χ1n) is 7.12. The maximum absolute atomic E-state index is 11.7. The van der Waals surface area contributed by atoms with Crippen LogP contribution in [0, 0.1) is 5.92 Å². The van der Waals surface area contributed by atoms with Gasteiger partial charge in [0, 0.05) is 6.54 Å². The molecule has 0 aliphatic rings. The summed E-state index contributed by atoms with van der Waals surface area (Å²) in [5.74, 6) is 1.28. The molecule has 21 heavy (non-hydrogen) atoms. The Morgan fingerprint density at radius 1 is 1.43 bits per heavy atom. The molecule has 2 N–H and O–H groups in total. The third-order valence-electron chi connectivity index (χ3n) is 2.78. The van der Waals surface area contributed by atoms with E-state index in [9.17, 15) is 4.79 Å². The molecule has 6 heteroatoms. The highest BCUT2D eigenvalue weighted by molar-refractivity contribution is 7.22. The molecule has 1 aromatic heterocycles. The summed E-state index contributed by atoms with van der Waals surface area (Å²) >= 11 is 1.52. The van der Waals surface area contributed by atoms with E-state index in [1.165, 1.54) is 11.3 Å². The number of aromatic nitrogens is 1. The molecule has 0 saturated carbocycles. The first-order chi connectivity index (χ1) is 10.1. The van der Waals surface area contributed by atoms with Crippen LogP contribution in [-0.2, 0) is 4.79 Å². The molecule has 0 aliphatic heterocycles. The third-order valence-corrected chi connectivity index (χ3v) is 3.75. The number of rotatable bonds is 7. The van der Waals surface area contributed by atoms with Gasteiger partial charge in [0.25, 0.3) is 0 Å². The number of benzene rings is 1. The van der Waals surface area contributed by atoms with E-state index in [0.717, 1.165) is 21.1 Å².